The summed E-state index contributed by atoms with van der Waals surface area (Å²) in [7, 11) is 0. The predicted molar refractivity (Wildman–Crippen MR) is 94.6 cm³/mol. The van der Waals surface area contributed by atoms with Gasteiger partial charge < -0.3 is 9.64 Å². The van der Waals surface area contributed by atoms with Gasteiger partial charge in [0, 0.05) is 24.2 Å². The van der Waals surface area contributed by atoms with Crippen LogP contribution in [0.5, 0.6) is 6.01 Å². The zero-order valence-corrected chi connectivity index (χ0v) is 14.4. The Kier molecular flexibility index (Phi) is 4.35. The maximum absolute atomic E-state index is 13.0. The van der Waals surface area contributed by atoms with E-state index in [1.54, 1.807) is 29.6 Å². The van der Waals surface area contributed by atoms with Gasteiger partial charge in [-0.25, -0.2) is 9.97 Å². The van der Waals surface area contributed by atoms with Gasteiger partial charge >= 0.3 is 6.01 Å². The van der Waals surface area contributed by atoms with Gasteiger partial charge in [-0.3, -0.25) is 9.48 Å². The van der Waals surface area contributed by atoms with E-state index in [-0.39, 0.29) is 12.0 Å². The molecule has 0 fully saturated rings. The number of fused-ring (bicyclic) bond motifs is 1. The molecule has 7 heteroatoms. The minimum absolute atomic E-state index is 0.0257. The zero-order chi connectivity index (χ0) is 17.9. The third-order valence-corrected chi connectivity index (χ3v) is 4.36. The molecular formula is C19H19N5O2. The molecule has 0 saturated heterocycles. The second-order valence-electron chi connectivity index (χ2n) is 6.33. The molecule has 0 N–H and O–H groups in total. The highest BCUT2D eigenvalue weighted by molar-refractivity contribution is 5.94. The van der Waals surface area contributed by atoms with Crippen molar-refractivity contribution in [2.24, 2.45) is 0 Å². The number of aromatic nitrogens is 4. The van der Waals surface area contributed by atoms with Crippen LogP contribution in [-0.2, 0) is 13.1 Å². The summed E-state index contributed by atoms with van der Waals surface area (Å²) < 4.78 is 7.79. The largest absolute Gasteiger partial charge is 0.456 e. The fourth-order valence-corrected chi connectivity index (χ4v) is 3.02. The van der Waals surface area contributed by atoms with Gasteiger partial charge in [-0.05, 0) is 31.2 Å². The Morgan fingerprint density at radius 2 is 1.85 bits per heavy atom. The van der Waals surface area contributed by atoms with E-state index in [4.69, 9.17) is 4.74 Å². The zero-order valence-electron chi connectivity index (χ0n) is 14.4. The van der Waals surface area contributed by atoms with E-state index in [9.17, 15) is 4.79 Å². The molecule has 0 bridgehead atoms. The lowest BCUT2D eigenvalue weighted by Crippen LogP contribution is -2.39. The van der Waals surface area contributed by atoms with Gasteiger partial charge in [-0.15, -0.1) is 0 Å². The molecule has 4 rings (SSSR count). The number of carbonyl (C=O) groups is 1. The molecule has 0 unspecified atom stereocenters. The molecule has 1 aromatic carbocycles. The van der Waals surface area contributed by atoms with Gasteiger partial charge in [0.1, 0.15) is 6.10 Å². The summed E-state index contributed by atoms with van der Waals surface area (Å²) in [5.74, 6) is -0.0257. The fourth-order valence-electron chi connectivity index (χ4n) is 3.02. The molecule has 1 aliphatic heterocycles. The van der Waals surface area contributed by atoms with Crippen LogP contribution in [0, 0.1) is 6.92 Å². The van der Waals surface area contributed by atoms with Crippen molar-refractivity contribution in [2.75, 3.05) is 6.54 Å². The molecule has 1 aliphatic rings. The third kappa shape index (κ3) is 3.42. The van der Waals surface area contributed by atoms with E-state index in [1.807, 2.05) is 41.9 Å². The summed E-state index contributed by atoms with van der Waals surface area (Å²) in [5.41, 5.74) is 2.77. The SMILES string of the molecule is Cc1ccc(C(=O)N2Cc3ccnn3C[C@@H](Oc3ncccn3)C2)cc1. The lowest BCUT2D eigenvalue weighted by atomic mass is 10.1. The van der Waals surface area contributed by atoms with Crippen LogP contribution in [0.1, 0.15) is 21.6 Å². The third-order valence-electron chi connectivity index (χ3n) is 4.36. The molecular weight excluding hydrogens is 330 g/mol. The topological polar surface area (TPSA) is 73.1 Å². The van der Waals surface area contributed by atoms with Gasteiger partial charge in [0.2, 0.25) is 0 Å². The quantitative estimate of drug-likeness (QED) is 0.724. The summed E-state index contributed by atoms with van der Waals surface area (Å²) in [6.45, 7) is 3.47. The first kappa shape index (κ1) is 16.3. The van der Waals surface area contributed by atoms with Crippen molar-refractivity contribution in [3.63, 3.8) is 0 Å². The molecule has 3 heterocycles. The van der Waals surface area contributed by atoms with Gasteiger partial charge in [-0.2, -0.15) is 5.10 Å². The highest BCUT2D eigenvalue weighted by Gasteiger charge is 2.27. The first-order valence-corrected chi connectivity index (χ1v) is 8.49. The Labute approximate surface area is 151 Å². The molecule has 0 spiro atoms. The van der Waals surface area contributed by atoms with Crippen LogP contribution in [0.15, 0.2) is 55.0 Å². The molecule has 0 radical (unpaired) electrons. The van der Waals surface area contributed by atoms with Gasteiger partial charge in [0.05, 0.1) is 25.3 Å². The highest BCUT2D eigenvalue weighted by Crippen LogP contribution is 2.18. The Bertz CT molecular complexity index is 892. The van der Waals surface area contributed by atoms with E-state index in [0.29, 0.717) is 31.2 Å². The van der Waals surface area contributed by atoms with Crippen molar-refractivity contribution in [3.05, 3.63) is 71.8 Å². The average molecular weight is 349 g/mol. The van der Waals surface area contributed by atoms with Crippen molar-refractivity contribution in [2.45, 2.75) is 26.1 Å². The second-order valence-corrected chi connectivity index (χ2v) is 6.33. The average Bonchev–Trinajstić information content (AvgIpc) is 3.01. The molecule has 132 valence electrons. The number of amides is 1. The Morgan fingerprint density at radius 1 is 1.08 bits per heavy atom. The number of benzene rings is 1. The maximum Gasteiger partial charge on any atom is 0.316 e. The van der Waals surface area contributed by atoms with Crippen LogP contribution >= 0.6 is 0 Å². The minimum Gasteiger partial charge on any atom is -0.456 e. The normalized spacial score (nSPS) is 16.7. The van der Waals surface area contributed by atoms with Crippen molar-refractivity contribution < 1.29 is 9.53 Å². The molecule has 2 aromatic heterocycles. The van der Waals surface area contributed by atoms with E-state index in [2.05, 4.69) is 15.1 Å². The van der Waals surface area contributed by atoms with Crippen molar-refractivity contribution in [3.8, 4) is 6.01 Å². The summed E-state index contributed by atoms with van der Waals surface area (Å²) >= 11 is 0. The van der Waals surface area contributed by atoms with Crippen LogP contribution in [0.25, 0.3) is 0 Å². The van der Waals surface area contributed by atoms with E-state index in [1.165, 1.54) is 0 Å². The summed E-state index contributed by atoms with van der Waals surface area (Å²) in [4.78, 5) is 23.0. The highest BCUT2D eigenvalue weighted by atomic mass is 16.5. The number of carbonyl (C=O) groups excluding carboxylic acids is 1. The van der Waals surface area contributed by atoms with Crippen LogP contribution in [0.3, 0.4) is 0 Å². The van der Waals surface area contributed by atoms with E-state index in [0.717, 1.165) is 11.3 Å². The van der Waals surface area contributed by atoms with Crippen molar-refractivity contribution >= 4 is 5.91 Å². The monoisotopic (exact) mass is 349 g/mol. The number of aryl methyl sites for hydroxylation is 1. The molecule has 0 aliphatic carbocycles. The summed E-state index contributed by atoms with van der Waals surface area (Å²) in [6, 6.07) is 11.6. The summed E-state index contributed by atoms with van der Waals surface area (Å²) in [5, 5.41) is 4.34. The number of hydrogen-bond acceptors (Lipinski definition) is 5. The maximum atomic E-state index is 13.0. The number of nitrogens with zero attached hydrogens (tertiary/aromatic N) is 5. The molecule has 3 aromatic rings. The van der Waals surface area contributed by atoms with Crippen LogP contribution in [0.4, 0.5) is 0 Å². The molecule has 0 saturated carbocycles. The molecule has 7 nitrogen and oxygen atoms in total. The van der Waals surface area contributed by atoms with E-state index < -0.39 is 0 Å². The van der Waals surface area contributed by atoms with Gasteiger partial charge in [-0.1, -0.05) is 17.7 Å². The lowest BCUT2D eigenvalue weighted by molar-refractivity contribution is 0.0637. The van der Waals surface area contributed by atoms with E-state index >= 15 is 0 Å². The number of ether oxygens (including phenoxy) is 1. The standard InChI is InChI=1S/C19H19N5O2/c1-14-3-5-15(6-4-14)18(25)23-11-16-7-10-22-24(16)13-17(12-23)26-19-20-8-2-9-21-19/h2-10,17H,11-13H2,1H3/t17-/m0/s1. The molecule has 1 amide bonds. The Morgan fingerprint density at radius 3 is 2.62 bits per heavy atom. The first-order valence-electron chi connectivity index (χ1n) is 8.49. The number of hydrogen-bond donors (Lipinski definition) is 0. The summed E-state index contributed by atoms with van der Waals surface area (Å²) in [6.07, 6.45) is 4.72. The smallest absolute Gasteiger partial charge is 0.316 e. The van der Waals surface area contributed by atoms with Gasteiger partial charge in [0.15, 0.2) is 0 Å². The van der Waals surface area contributed by atoms with Crippen molar-refractivity contribution in [1.82, 2.24) is 24.6 Å². The minimum atomic E-state index is -0.284. The Hall–Kier alpha value is -3.22. The Balaban J connectivity index is 1.59. The lowest BCUT2D eigenvalue weighted by Gasteiger charge is -2.24. The van der Waals surface area contributed by atoms with Gasteiger partial charge in [0.25, 0.3) is 5.91 Å². The number of rotatable bonds is 3. The van der Waals surface area contributed by atoms with Crippen LogP contribution in [-0.4, -0.2) is 43.2 Å². The fraction of sp³-hybridized carbons (Fsp3) is 0.263. The second kappa shape index (κ2) is 6.95. The van der Waals surface area contributed by atoms with Crippen LogP contribution < -0.4 is 4.74 Å². The predicted octanol–water partition coefficient (Wildman–Crippen LogP) is 2.09. The van der Waals surface area contributed by atoms with Crippen molar-refractivity contribution in [1.29, 1.82) is 0 Å². The molecule has 1 atom stereocenters. The van der Waals surface area contributed by atoms with Crippen LogP contribution in [0.2, 0.25) is 0 Å². The molecule has 26 heavy (non-hydrogen) atoms. The first-order chi connectivity index (χ1) is 12.7.